The van der Waals surface area contributed by atoms with Crippen LogP contribution >= 0.6 is 0 Å². The summed E-state index contributed by atoms with van der Waals surface area (Å²) in [4.78, 5) is 9.87. The Morgan fingerprint density at radius 2 is 2.10 bits per heavy atom. The fourth-order valence-electron chi connectivity index (χ4n) is 2.45. The topological polar surface area (TPSA) is 37.3 Å². The lowest BCUT2D eigenvalue weighted by Crippen LogP contribution is -2.44. The van der Waals surface area contributed by atoms with Gasteiger partial charge in [-0.05, 0) is 19.2 Å². The second kappa shape index (κ2) is 6.13. The van der Waals surface area contributed by atoms with Crippen LogP contribution in [0.25, 0.3) is 0 Å². The molecule has 3 rings (SSSR count). The summed E-state index contributed by atoms with van der Waals surface area (Å²) in [6.07, 6.45) is 3.50. The van der Waals surface area contributed by atoms with Crippen LogP contribution in [0.1, 0.15) is 6.42 Å². The van der Waals surface area contributed by atoms with Crippen molar-refractivity contribution >= 4 is 11.9 Å². The number of likely N-dealkylation sites (N-methyl/N-ethyl adjacent to an activating group) is 1. The Hall–Kier alpha value is -1.75. The Morgan fingerprint density at radius 3 is 2.85 bits per heavy atom. The normalized spacial score (nSPS) is 22.9. The number of ether oxygens (including phenoxy) is 1. The number of benzene rings is 1. The lowest BCUT2D eigenvalue weighted by atomic mass is 10.2. The van der Waals surface area contributed by atoms with Crippen LogP contribution in [0, 0.1) is 0 Å². The van der Waals surface area contributed by atoms with Gasteiger partial charge in [-0.3, -0.25) is 0 Å². The van der Waals surface area contributed by atoms with E-state index in [-0.39, 0.29) is 6.10 Å². The minimum Gasteiger partial charge on any atom is -0.487 e. The van der Waals surface area contributed by atoms with E-state index < -0.39 is 0 Å². The molecule has 1 aromatic carbocycles. The summed E-state index contributed by atoms with van der Waals surface area (Å²) in [5.41, 5.74) is 1.17. The smallest absolute Gasteiger partial charge is 0.167 e. The first-order valence-corrected chi connectivity index (χ1v) is 7.07. The van der Waals surface area contributed by atoms with Gasteiger partial charge in [-0.2, -0.15) is 0 Å². The summed E-state index contributed by atoms with van der Waals surface area (Å²) in [5, 5.41) is 3.65. The quantitative estimate of drug-likeness (QED) is 0.833. The molecule has 2 aliphatic rings. The van der Waals surface area contributed by atoms with Crippen molar-refractivity contribution in [3.63, 3.8) is 0 Å². The maximum Gasteiger partial charge on any atom is 0.167 e. The fraction of sp³-hybridized carbons (Fsp3) is 0.533. The Bertz CT molecular complexity index is 462. The number of nitrogens with zero attached hydrogens (tertiary/aromatic N) is 3. The van der Waals surface area contributed by atoms with Gasteiger partial charge in [-0.15, -0.1) is 0 Å². The van der Waals surface area contributed by atoms with E-state index in [0.717, 1.165) is 31.9 Å². The van der Waals surface area contributed by atoms with Gasteiger partial charge in [0.15, 0.2) is 6.10 Å². The van der Waals surface area contributed by atoms with Crippen LogP contribution in [-0.4, -0.2) is 57.1 Å². The van der Waals surface area contributed by atoms with E-state index >= 15 is 0 Å². The summed E-state index contributed by atoms with van der Waals surface area (Å²) in [6.45, 7) is 4.76. The average Bonchev–Trinajstić information content (AvgIpc) is 3.00. The summed E-state index contributed by atoms with van der Waals surface area (Å²) >= 11 is 0. The Balaban J connectivity index is 1.64. The molecule has 1 unspecified atom stereocenters. The standard InChI is InChI=1S/C15H20N3O2/c1-17-8-10-18(11-9-17)14-4-2-3-5-15(14)19-12-13-6-7-16-20-13/h2-5,13H,6,8-12H2,1H3. The van der Waals surface area contributed by atoms with E-state index in [1.165, 1.54) is 5.69 Å². The molecule has 1 fully saturated rings. The number of piperazine rings is 1. The molecule has 0 amide bonds. The first-order chi connectivity index (χ1) is 9.83. The highest BCUT2D eigenvalue weighted by molar-refractivity contribution is 5.59. The molecule has 107 valence electrons. The van der Waals surface area contributed by atoms with Gasteiger partial charge in [-0.1, -0.05) is 17.3 Å². The van der Waals surface area contributed by atoms with Crippen LogP contribution in [0.3, 0.4) is 0 Å². The Kier molecular flexibility index (Phi) is 4.06. The van der Waals surface area contributed by atoms with Gasteiger partial charge in [0.2, 0.25) is 0 Å². The van der Waals surface area contributed by atoms with Crippen molar-refractivity contribution in [1.29, 1.82) is 0 Å². The van der Waals surface area contributed by atoms with Crippen molar-refractivity contribution in [3.8, 4) is 5.75 Å². The fourth-order valence-corrected chi connectivity index (χ4v) is 2.45. The first kappa shape index (κ1) is 13.2. The molecule has 1 saturated heterocycles. The molecule has 0 aromatic heterocycles. The SMILES string of the molecule is CN1CCN(c2ccccc2OCC2C[C]=NO2)CC1. The van der Waals surface area contributed by atoms with E-state index in [1.807, 2.05) is 12.1 Å². The van der Waals surface area contributed by atoms with Crippen molar-refractivity contribution in [2.24, 2.45) is 5.16 Å². The third-order valence-corrected chi connectivity index (χ3v) is 3.72. The van der Waals surface area contributed by atoms with Gasteiger partial charge >= 0.3 is 0 Å². The largest absolute Gasteiger partial charge is 0.487 e. The van der Waals surface area contributed by atoms with Crippen molar-refractivity contribution in [1.82, 2.24) is 4.90 Å². The van der Waals surface area contributed by atoms with Gasteiger partial charge in [0, 0.05) is 32.6 Å². The lowest BCUT2D eigenvalue weighted by Gasteiger charge is -2.34. The molecule has 5 heteroatoms. The van der Waals surface area contributed by atoms with Crippen LogP contribution in [0.4, 0.5) is 5.69 Å². The maximum atomic E-state index is 5.92. The number of anilines is 1. The summed E-state index contributed by atoms with van der Waals surface area (Å²) in [6, 6.07) is 8.21. The first-order valence-electron chi connectivity index (χ1n) is 7.07. The molecular formula is C15H20N3O2. The predicted molar refractivity (Wildman–Crippen MR) is 78.6 cm³/mol. The molecule has 0 N–H and O–H groups in total. The number of rotatable bonds is 4. The highest BCUT2D eigenvalue weighted by Crippen LogP contribution is 2.29. The molecule has 0 spiro atoms. The summed E-state index contributed by atoms with van der Waals surface area (Å²) < 4.78 is 5.92. The van der Waals surface area contributed by atoms with Crippen LogP contribution < -0.4 is 9.64 Å². The monoisotopic (exact) mass is 274 g/mol. The molecule has 2 heterocycles. The molecule has 20 heavy (non-hydrogen) atoms. The second-order valence-electron chi connectivity index (χ2n) is 5.25. The zero-order valence-electron chi connectivity index (χ0n) is 11.8. The van der Waals surface area contributed by atoms with E-state index in [4.69, 9.17) is 9.57 Å². The third kappa shape index (κ3) is 3.04. The number of para-hydroxylation sites is 2. The molecular weight excluding hydrogens is 254 g/mol. The van der Waals surface area contributed by atoms with Crippen LogP contribution in [0.5, 0.6) is 5.75 Å². The van der Waals surface area contributed by atoms with Gasteiger partial charge in [0.25, 0.3) is 0 Å². The van der Waals surface area contributed by atoms with E-state index in [0.29, 0.717) is 13.0 Å². The summed E-state index contributed by atoms with van der Waals surface area (Å²) in [7, 11) is 2.16. The Labute approximate surface area is 119 Å². The lowest BCUT2D eigenvalue weighted by molar-refractivity contribution is 0.0472. The second-order valence-corrected chi connectivity index (χ2v) is 5.25. The molecule has 1 atom stereocenters. The van der Waals surface area contributed by atoms with Gasteiger partial charge in [0.1, 0.15) is 18.6 Å². The zero-order valence-corrected chi connectivity index (χ0v) is 11.8. The van der Waals surface area contributed by atoms with E-state index in [2.05, 4.69) is 40.4 Å². The van der Waals surface area contributed by atoms with Crippen molar-refractivity contribution in [2.75, 3.05) is 44.7 Å². The molecule has 5 nitrogen and oxygen atoms in total. The van der Waals surface area contributed by atoms with Crippen LogP contribution in [0.2, 0.25) is 0 Å². The number of hydrogen-bond donors (Lipinski definition) is 0. The highest BCUT2D eigenvalue weighted by atomic mass is 16.7. The van der Waals surface area contributed by atoms with Crippen LogP contribution in [-0.2, 0) is 4.84 Å². The minimum absolute atomic E-state index is 0.00412. The summed E-state index contributed by atoms with van der Waals surface area (Å²) in [5.74, 6) is 0.924. The van der Waals surface area contributed by atoms with Gasteiger partial charge in [0.05, 0.1) is 5.69 Å². The van der Waals surface area contributed by atoms with E-state index in [9.17, 15) is 0 Å². The predicted octanol–water partition coefficient (Wildman–Crippen LogP) is 1.47. The third-order valence-electron chi connectivity index (χ3n) is 3.72. The van der Waals surface area contributed by atoms with Gasteiger partial charge < -0.3 is 19.4 Å². The molecule has 0 saturated carbocycles. The molecule has 1 radical (unpaired) electrons. The van der Waals surface area contributed by atoms with Gasteiger partial charge in [-0.25, -0.2) is 0 Å². The molecule has 2 aliphatic heterocycles. The minimum atomic E-state index is -0.00412. The van der Waals surface area contributed by atoms with E-state index in [1.54, 1.807) is 0 Å². The average molecular weight is 274 g/mol. The van der Waals surface area contributed by atoms with Crippen molar-refractivity contribution in [3.05, 3.63) is 24.3 Å². The molecule has 1 aromatic rings. The maximum absolute atomic E-state index is 5.92. The molecule has 0 bridgehead atoms. The highest BCUT2D eigenvalue weighted by Gasteiger charge is 2.19. The van der Waals surface area contributed by atoms with Crippen molar-refractivity contribution < 1.29 is 9.57 Å². The van der Waals surface area contributed by atoms with Crippen LogP contribution in [0.15, 0.2) is 29.4 Å². The number of hydrogen-bond acceptors (Lipinski definition) is 5. The zero-order chi connectivity index (χ0) is 13.8. The Morgan fingerprint density at radius 1 is 1.30 bits per heavy atom. The molecule has 0 aliphatic carbocycles. The van der Waals surface area contributed by atoms with Crippen molar-refractivity contribution in [2.45, 2.75) is 12.5 Å².